The number of hydrogen-bond donors (Lipinski definition) is 1. The Bertz CT molecular complexity index is 673. The second-order valence-electron chi connectivity index (χ2n) is 4.84. The van der Waals surface area contributed by atoms with Crippen molar-refractivity contribution in [2.75, 3.05) is 5.32 Å². The molecular weight excluding hydrogens is 230 g/mol. The highest BCUT2D eigenvalue weighted by Crippen LogP contribution is 2.23. The summed E-state index contributed by atoms with van der Waals surface area (Å²) in [5, 5.41) is 6.11. The molecule has 0 spiro atoms. The van der Waals surface area contributed by atoms with Gasteiger partial charge in [-0.05, 0) is 41.5 Å². The Morgan fingerprint density at radius 3 is 2.21 bits per heavy atom. The van der Waals surface area contributed by atoms with E-state index in [1.807, 2.05) is 6.07 Å². The molecule has 3 aromatic carbocycles. The number of rotatable bonds is 3. The fraction of sp³-hybridized carbons (Fsp3) is 0.111. The van der Waals surface area contributed by atoms with E-state index in [1.165, 1.54) is 16.3 Å². The molecule has 1 atom stereocenters. The first kappa shape index (κ1) is 11.8. The lowest BCUT2D eigenvalue weighted by atomic mass is 10.0. The summed E-state index contributed by atoms with van der Waals surface area (Å²) in [6.07, 6.45) is 0. The molecule has 1 heteroatoms. The SMILES string of the molecule is C[C@H](Nc1ccccc1)c1ccc2ccccc2c1. The zero-order valence-corrected chi connectivity index (χ0v) is 11.0. The predicted molar refractivity (Wildman–Crippen MR) is 82.4 cm³/mol. The first-order chi connectivity index (χ1) is 9.33. The summed E-state index contributed by atoms with van der Waals surface area (Å²) in [5.41, 5.74) is 2.46. The van der Waals surface area contributed by atoms with Gasteiger partial charge in [0.25, 0.3) is 0 Å². The summed E-state index contributed by atoms with van der Waals surface area (Å²) in [5.74, 6) is 0. The van der Waals surface area contributed by atoms with E-state index in [1.54, 1.807) is 0 Å². The van der Waals surface area contributed by atoms with Crippen molar-refractivity contribution in [3.05, 3.63) is 78.4 Å². The van der Waals surface area contributed by atoms with Crippen LogP contribution in [0, 0.1) is 0 Å². The quantitative estimate of drug-likeness (QED) is 0.685. The van der Waals surface area contributed by atoms with Crippen LogP contribution in [0.4, 0.5) is 5.69 Å². The van der Waals surface area contributed by atoms with E-state index in [-0.39, 0.29) is 0 Å². The van der Waals surface area contributed by atoms with Gasteiger partial charge in [-0.3, -0.25) is 0 Å². The minimum atomic E-state index is 0.298. The molecule has 0 aliphatic rings. The van der Waals surface area contributed by atoms with Gasteiger partial charge in [-0.25, -0.2) is 0 Å². The molecule has 0 aromatic heterocycles. The second-order valence-corrected chi connectivity index (χ2v) is 4.84. The molecule has 0 unspecified atom stereocenters. The monoisotopic (exact) mass is 247 g/mol. The van der Waals surface area contributed by atoms with Gasteiger partial charge in [0, 0.05) is 11.7 Å². The van der Waals surface area contributed by atoms with Crippen molar-refractivity contribution < 1.29 is 0 Å². The predicted octanol–water partition coefficient (Wildman–Crippen LogP) is 5.01. The summed E-state index contributed by atoms with van der Waals surface area (Å²) in [7, 11) is 0. The van der Waals surface area contributed by atoms with Gasteiger partial charge in [0.2, 0.25) is 0 Å². The molecular formula is C18H17N. The highest BCUT2D eigenvalue weighted by atomic mass is 14.9. The van der Waals surface area contributed by atoms with Gasteiger partial charge in [0.15, 0.2) is 0 Å². The Morgan fingerprint density at radius 2 is 1.42 bits per heavy atom. The van der Waals surface area contributed by atoms with Crippen molar-refractivity contribution in [2.24, 2.45) is 0 Å². The summed E-state index contributed by atoms with van der Waals surface area (Å²) >= 11 is 0. The zero-order chi connectivity index (χ0) is 13.1. The van der Waals surface area contributed by atoms with Gasteiger partial charge in [0.1, 0.15) is 0 Å². The summed E-state index contributed by atoms with van der Waals surface area (Å²) < 4.78 is 0. The molecule has 1 nitrogen and oxygen atoms in total. The van der Waals surface area contributed by atoms with Crippen molar-refractivity contribution in [2.45, 2.75) is 13.0 Å². The van der Waals surface area contributed by atoms with E-state index >= 15 is 0 Å². The molecule has 94 valence electrons. The van der Waals surface area contributed by atoms with E-state index in [4.69, 9.17) is 0 Å². The fourth-order valence-electron chi connectivity index (χ4n) is 2.34. The van der Waals surface area contributed by atoms with Crippen LogP contribution in [0.3, 0.4) is 0 Å². The van der Waals surface area contributed by atoms with Crippen molar-refractivity contribution in [3.8, 4) is 0 Å². The Kier molecular flexibility index (Phi) is 3.20. The topological polar surface area (TPSA) is 12.0 Å². The third kappa shape index (κ3) is 2.60. The van der Waals surface area contributed by atoms with Crippen LogP contribution in [-0.4, -0.2) is 0 Å². The number of fused-ring (bicyclic) bond motifs is 1. The maximum absolute atomic E-state index is 3.52. The summed E-state index contributed by atoms with van der Waals surface area (Å²) in [4.78, 5) is 0. The normalized spacial score (nSPS) is 12.3. The van der Waals surface area contributed by atoms with Crippen LogP contribution < -0.4 is 5.32 Å². The first-order valence-electron chi connectivity index (χ1n) is 6.63. The largest absolute Gasteiger partial charge is 0.379 e. The Balaban J connectivity index is 1.87. The van der Waals surface area contributed by atoms with Crippen LogP contribution in [0.1, 0.15) is 18.5 Å². The maximum atomic E-state index is 3.52. The lowest BCUT2D eigenvalue weighted by Crippen LogP contribution is -2.06. The first-order valence-corrected chi connectivity index (χ1v) is 6.63. The number of nitrogens with one attached hydrogen (secondary N) is 1. The van der Waals surface area contributed by atoms with Crippen molar-refractivity contribution in [1.82, 2.24) is 0 Å². The van der Waals surface area contributed by atoms with Gasteiger partial charge in [-0.15, -0.1) is 0 Å². The number of hydrogen-bond acceptors (Lipinski definition) is 1. The molecule has 19 heavy (non-hydrogen) atoms. The second kappa shape index (κ2) is 5.15. The number of anilines is 1. The average molecular weight is 247 g/mol. The third-order valence-corrected chi connectivity index (χ3v) is 3.43. The molecule has 0 aliphatic carbocycles. The molecule has 1 N–H and O–H groups in total. The Hall–Kier alpha value is -2.28. The average Bonchev–Trinajstić information content (AvgIpc) is 2.48. The number of para-hydroxylation sites is 1. The van der Waals surface area contributed by atoms with Gasteiger partial charge in [-0.2, -0.15) is 0 Å². The van der Waals surface area contributed by atoms with E-state index in [2.05, 4.69) is 79.0 Å². The van der Waals surface area contributed by atoms with Crippen LogP contribution in [0.25, 0.3) is 10.8 Å². The highest BCUT2D eigenvalue weighted by molar-refractivity contribution is 5.83. The lowest BCUT2D eigenvalue weighted by molar-refractivity contribution is 0.887. The summed E-state index contributed by atoms with van der Waals surface area (Å²) in [6, 6.07) is 25.7. The van der Waals surface area contributed by atoms with Crippen LogP contribution in [0.5, 0.6) is 0 Å². The van der Waals surface area contributed by atoms with Crippen molar-refractivity contribution in [1.29, 1.82) is 0 Å². The molecule has 0 heterocycles. The number of benzene rings is 3. The van der Waals surface area contributed by atoms with E-state index in [0.29, 0.717) is 6.04 Å². The molecule has 0 aliphatic heterocycles. The van der Waals surface area contributed by atoms with Crippen LogP contribution in [-0.2, 0) is 0 Å². The molecule has 0 saturated heterocycles. The maximum Gasteiger partial charge on any atom is 0.0485 e. The lowest BCUT2D eigenvalue weighted by Gasteiger charge is -2.16. The van der Waals surface area contributed by atoms with E-state index in [9.17, 15) is 0 Å². The Labute approximate surface area is 113 Å². The standard InChI is InChI=1S/C18H17N/c1-14(19-18-9-3-2-4-10-18)16-12-11-15-7-5-6-8-17(15)13-16/h2-14,19H,1H3/t14-/m0/s1. The van der Waals surface area contributed by atoms with E-state index in [0.717, 1.165) is 5.69 Å². The molecule has 0 amide bonds. The van der Waals surface area contributed by atoms with Crippen molar-refractivity contribution >= 4 is 16.5 Å². The van der Waals surface area contributed by atoms with Gasteiger partial charge in [0.05, 0.1) is 0 Å². The fourth-order valence-corrected chi connectivity index (χ4v) is 2.34. The van der Waals surface area contributed by atoms with Gasteiger partial charge < -0.3 is 5.32 Å². The van der Waals surface area contributed by atoms with Gasteiger partial charge >= 0.3 is 0 Å². The molecule has 3 aromatic rings. The third-order valence-electron chi connectivity index (χ3n) is 3.43. The molecule has 0 bridgehead atoms. The summed E-state index contributed by atoms with van der Waals surface area (Å²) in [6.45, 7) is 2.19. The van der Waals surface area contributed by atoms with Crippen LogP contribution in [0.15, 0.2) is 72.8 Å². The minimum Gasteiger partial charge on any atom is -0.379 e. The van der Waals surface area contributed by atoms with Crippen LogP contribution >= 0.6 is 0 Å². The molecule has 0 fully saturated rings. The van der Waals surface area contributed by atoms with Crippen molar-refractivity contribution in [3.63, 3.8) is 0 Å². The molecule has 0 radical (unpaired) electrons. The Morgan fingerprint density at radius 1 is 0.737 bits per heavy atom. The minimum absolute atomic E-state index is 0.298. The van der Waals surface area contributed by atoms with Crippen LogP contribution in [0.2, 0.25) is 0 Å². The molecule has 3 rings (SSSR count). The molecule has 0 saturated carbocycles. The zero-order valence-electron chi connectivity index (χ0n) is 11.0. The van der Waals surface area contributed by atoms with Gasteiger partial charge in [-0.1, -0.05) is 54.6 Å². The smallest absolute Gasteiger partial charge is 0.0485 e. The van der Waals surface area contributed by atoms with E-state index < -0.39 is 0 Å². The highest BCUT2D eigenvalue weighted by Gasteiger charge is 2.05.